The fourth-order valence-corrected chi connectivity index (χ4v) is 0.474. The highest BCUT2D eigenvalue weighted by molar-refractivity contribution is 7.81. The van der Waals surface area contributed by atoms with E-state index in [-0.39, 0.29) is 10.5 Å². The van der Waals surface area contributed by atoms with Gasteiger partial charge in [-0.25, -0.2) is 0 Å². The van der Waals surface area contributed by atoms with Crippen LogP contribution in [-0.4, -0.2) is 24.3 Å². The molecule has 0 N–H and O–H groups in total. The molecule has 0 aliphatic heterocycles. The second-order valence-electron chi connectivity index (χ2n) is 3.70. The molecule has 0 saturated carbocycles. The lowest BCUT2D eigenvalue weighted by atomic mass is 10.1. The van der Waals surface area contributed by atoms with Crippen molar-refractivity contribution < 1.29 is 9.47 Å². The molecule has 0 bridgehead atoms. The van der Waals surface area contributed by atoms with E-state index in [9.17, 15) is 0 Å². The Labute approximate surface area is 74.7 Å². The molecule has 3 heteroatoms. The standard InChI is InChI=1S/C8H18O2S/c1-7(2,9-5)6-10-8(3,4)11/h11H,6H2,1-5H3. The molecule has 0 aliphatic rings. The fourth-order valence-electron chi connectivity index (χ4n) is 0.409. The Morgan fingerprint density at radius 2 is 1.64 bits per heavy atom. The van der Waals surface area contributed by atoms with Gasteiger partial charge in [0.2, 0.25) is 0 Å². The van der Waals surface area contributed by atoms with E-state index >= 15 is 0 Å². The quantitative estimate of drug-likeness (QED) is 0.525. The van der Waals surface area contributed by atoms with Gasteiger partial charge in [-0.15, -0.1) is 12.6 Å². The number of methoxy groups -OCH3 is 1. The van der Waals surface area contributed by atoms with Gasteiger partial charge >= 0.3 is 0 Å². The molecule has 0 fully saturated rings. The second kappa shape index (κ2) is 3.78. The van der Waals surface area contributed by atoms with Gasteiger partial charge in [-0.3, -0.25) is 0 Å². The Bertz CT molecular complexity index is 116. The number of hydrogen-bond acceptors (Lipinski definition) is 3. The highest BCUT2D eigenvalue weighted by Crippen LogP contribution is 2.17. The lowest BCUT2D eigenvalue weighted by Gasteiger charge is -2.27. The van der Waals surface area contributed by atoms with Crippen molar-refractivity contribution in [3.63, 3.8) is 0 Å². The van der Waals surface area contributed by atoms with Gasteiger partial charge in [-0.1, -0.05) is 0 Å². The molecule has 0 aromatic rings. The summed E-state index contributed by atoms with van der Waals surface area (Å²) in [4.78, 5) is -0.379. The molecule has 0 rings (SSSR count). The zero-order chi connectivity index (χ0) is 9.12. The molecule has 0 spiro atoms. The number of thiol groups is 1. The molecule has 0 aromatic heterocycles. The van der Waals surface area contributed by atoms with Crippen molar-refractivity contribution in [3.8, 4) is 0 Å². The van der Waals surface area contributed by atoms with Gasteiger partial charge in [0.1, 0.15) is 4.93 Å². The summed E-state index contributed by atoms with van der Waals surface area (Å²) >= 11 is 4.23. The summed E-state index contributed by atoms with van der Waals surface area (Å²) in [5, 5.41) is 0. The third kappa shape index (κ3) is 6.66. The lowest BCUT2D eigenvalue weighted by molar-refractivity contribution is -0.0758. The van der Waals surface area contributed by atoms with Gasteiger partial charge in [-0.05, 0) is 27.7 Å². The van der Waals surface area contributed by atoms with E-state index in [0.29, 0.717) is 6.61 Å². The van der Waals surface area contributed by atoms with Crippen molar-refractivity contribution in [3.05, 3.63) is 0 Å². The maximum Gasteiger partial charge on any atom is 0.105 e. The van der Waals surface area contributed by atoms with Gasteiger partial charge in [-0.2, -0.15) is 0 Å². The fraction of sp³-hybridized carbons (Fsp3) is 1.00. The average molecular weight is 178 g/mol. The van der Waals surface area contributed by atoms with Crippen LogP contribution in [0.2, 0.25) is 0 Å². The van der Waals surface area contributed by atoms with E-state index in [4.69, 9.17) is 9.47 Å². The summed E-state index contributed by atoms with van der Waals surface area (Å²) in [6, 6.07) is 0. The molecule has 2 nitrogen and oxygen atoms in total. The van der Waals surface area contributed by atoms with Gasteiger partial charge in [0.15, 0.2) is 0 Å². The van der Waals surface area contributed by atoms with Crippen LogP contribution in [0.5, 0.6) is 0 Å². The maximum absolute atomic E-state index is 5.42. The van der Waals surface area contributed by atoms with Crippen molar-refractivity contribution in [1.29, 1.82) is 0 Å². The van der Waals surface area contributed by atoms with Crippen molar-refractivity contribution in [1.82, 2.24) is 0 Å². The predicted octanol–water partition coefficient (Wildman–Crippen LogP) is 2.09. The minimum absolute atomic E-state index is 0.222. The first kappa shape index (κ1) is 11.3. The van der Waals surface area contributed by atoms with E-state index in [0.717, 1.165) is 0 Å². The highest BCUT2D eigenvalue weighted by atomic mass is 32.1. The molecule has 0 saturated heterocycles. The van der Waals surface area contributed by atoms with Crippen LogP contribution in [0.4, 0.5) is 0 Å². The number of rotatable bonds is 4. The van der Waals surface area contributed by atoms with Crippen molar-refractivity contribution >= 4 is 12.6 Å². The number of ether oxygens (including phenoxy) is 2. The van der Waals surface area contributed by atoms with Crippen LogP contribution >= 0.6 is 12.6 Å². The van der Waals surface area contributed by atoms with Crippen LogP contribution in [0.25, 0.3) is 0 Å². The Morgan fingerprint density at radius 1 is 1.18 bits per heavy atom. The zero-order valence-corrected chi connectivity index (χ0v) is 8.87. The van der Waals surface area contributed by atoms with Crippen LogP contribution in [0.15, 0.2) is 0 Å². The van der Waals surface area contributed by atoms with Gasteiger partial charge in [0.25, 0.3) is 0 Å². The van der Waals surface area contributed by atoms with Gasteiger partial charge in [0.05, 0.1) is 12.2 Å². The third-order valence-corrected chi connectivity index (χ3v) is 1.45. The largest absolute Gasteiger partial charge is 0.376 e. The van der Waals surface area contributed by atoms with Crippen LogP contribution in [0.1, 0.15) is 27.7 Å². The summed E-state index contributed by atoms with van der Waals surface area (Å²) in [5.74, 6) is 0. The highest BCUT2D eigenvalue weighted by Gasteiger charge is 2.21. The maximum atomic E-state index is 5.42. The molecule has 0 heterocycles. The van der Waals surface area contributed by atoms with E-state index in [2.05, 4.69) is 12.6 Å². The van der Waals surface area contributed by atoms with Crippen molar-refractivity contribution in [2.24, 2.45) is 0 Å². The smallest absolute Gasteiger partial charge is 0.105 e. The van der Waals surface area contributed by atoms with Crippen molar-refractivity contribution in [2.45, 2.75) is 38.2 Å². The number of hydrogen-bond donors (Lipinski definition) is 1. The molecule has 0 atom stereocenters. The molecule has 68 valence electrons. The SMILES string of the molecule is COC(C)(C)COC(C)(C)S. The third-order valence-electron chi connectivity index (χ3n) is 1.33. The zero-order valence-electron chi connectivity index (χ0n) is 7.97. The molecule has 0 unspecified atom stereocenters. The molecule has 0 amide bonds. The van der Waals surface area contributed by atoms with E-state index in [1.165, 1.54) is 0 Å². The van der Waals surface area contributed by atoms with E-state index in [1.54, 1.807) is 7.11 Å². The van der Waals surface area contributed by atoms with Crippen LogP contribution in [0, 0.1) is 0 Å². The van der Waals surface area contributed by atoms with Crippen LogP contribution in [0.3, 0.4) is 0 Å². The normalized spacial score (nSPS) is 13.6. The Balaban J connectivity index is 3.70. The molecule has 0 aliphatic carbocycles. The summed E-state index contributed by atoms with van der Waals surface area (Å²) in [6.45, 7) is 8.32. The molecule has 11 heavy (non-hydrogen) atoms. The van der Waals surface area contributed by atoms with Gasteiger partial charge < -0.3 is 9.47 Å². The lowest BCUT2D eigenvalue weighted by Crippen LogP contribution is -2.33. The Hall–Kier alpha value is 0.270. The molecule has 0 radical (unpaired) electrons. The topological polar surface area (TPSA) is 18.5 Å². The summed E-state index contributed by atoms with van der Waals surface area (Å²) in [5.41, 5.74) is -0.222. The van der Waals surface area contributed by atoms with Crippen LogP contribution in [-0.2, 0) is 9.47 Å². The summed E-state index contributed by atoms with van der Waals surface area (Å²) in [6.07, 6.45) is 0. The molecule has 0 aromatic carbocycles. The minimum Gasteiger partial charge on any atom is -0.376 e. The Morgan fingerprint density at radius 3 is 1.91 bits per heavy atom. The van der Waals surface area contributed by atoms with E-state index < -0.39 is 0 Å². The first-order valence-corrected chi connectivity index (χ1v) is 4.13. The Kier molecular flexibility index (Phi) is 3.88. The first-order valence-electron chi connectivity index (χ1n) is 3.68. The van der Waals surface area contributed by atoms with E-state index in [1.807, 2.05) is 27.7 Å². The monoisotopic (exact) mass is 178 g/mol. The first-order chi connectivity index (χ1) is 4.77. The molecular formula is C8H18O2S. The second-order valence-corrected chi connectivity index (χ2v) is 4.78. The minimum atomic E-state index is -0.379. The summed E-state index contributed by atoms with van der Waals surface area (Å²) in [7, 11) is 1.68. The molecular weight excluding hydrogens is 160 g/mol. The van der Waals surface area contributed by atoms with Crippen molar-refractivity contribution in [2.75, 3.05) is 13.7 Å². The van der Waals surface area contributed by atoms with Gasteiger partial charge in [0, 0.05) is 7.11 Å². The summed E-state index contributed by atoms with van der Waals surface area (Å²) < 4.78 is 10.6. The average Bonchev–Trinajstić information content (AvgIpc) is 1.83. The van der Waals surface area contributed by atoms with Crippen LogP contribution < -0.4 is 0 Å². The predicted molar refractivity (Wildman–Crippen MR) is 50.1 cm³/mol.